The summed E-state index contributed by atoms with van der Waals surface area (Å²) in [7, 11) is 0. The Morgan fingerprint density at radius 1 is 1.45 bits per heavy atom. The lowest BCUT2D eigenvalue weighted by Crippen LogP contribution is -2.45. The van der Waals surface area contributed by atoms with Crippen molar-refractivity contribution in [1.82, 2.24) is 10.3 Å². The van der Waals surface area contributed by atoms with Gasteiger partial charge in [-0.3, -0.25) is 14.5 Å². The number of ether oxygens (including phenoxy) is 1. The number of hydrogen-bond acceptors (Lipinski definition) is 5. The number of nitrogens with zero attached hydrogens (tertiary/aromatic N) is 2. The summed E-state index contributed by atoms with van der Waals surface area (Å²) >= 11 is 1.50. The average molecular weight is 317 g/mol. The van der Waals surface area contributed by atoms with Gasteiger partial charge >= 0.3 is 0 Å². The van der Waals surface area contributed by atoms with Crippen LogP contribution in [0.5, 0.6) is 5.75 Å². The Morgan fingerprint density at radius 3 is 3.05 bits per heavy atom. The van der Waals surface area contributed by atoms with Crippen LogP contribution in [0, 0.1) is 6.92 Å². The monoisotopic (exact) mass is 317 g/mol. The quantitative estimate of drug-likeness (QED) is 0.927. The van der Waals surface area contributed by atoms with Gasteiger partial charge in [-0.25, -0.2) is 4.98 Å². The molecule has 0 atom stereocenters. The second-order valence-electron chi connectivity index (χ2n) is 4.90. The predicted molar refractivity (Wildman–Crippen MR) is 83.0 cm³/mol. The lowest BCUT2D eigenvalue weighted by atomic mass is 10.2. The molecule has 0 bridgehead atoms. The Labute approximate surface area is 131 Å². The number of amides is 2. The number of benzene rings is 1. The normalized spacial score (nSPS) is 13.5. The van der Waals surface area contributed by atoms with E-state index in [-0.39, 0.29) is 25.0 Å². The molecular weight excluding hydrogens is 302 g/mol. The highest BCUT2D eigenvalue weighted by atomic mass is 32.1. The van der Waals surface area contributed by atoms with Crippen LogP contribution in [-0.2, 0) is 16.1 Å². The van der Waals surface area contributed by atoms with Crippen molar-refractivity contribution < 1.29 is 14.3 Å². The van der Waals surface area contributed by atoms with Crippen molar-refractivity contribution in [3.63, 3.8) is 0 Å². The molecule has 1 aliphatic rings. The van der Waals surface area contributed by atoms with E-state index in [2.05, 4.69) is 10.3 Å². The number of thiazole rings is 1. The number of aryl methyl sites for hydroxylation is 1. The Hall–Kier alpha value is -2.41. The van der Waals surface area contributed by atoms with Gasteiger partial charge in [-0.1, -0.05) is 12.1 Å². The average Bonchev–Trinajstić information content (AvgIpc) is 2.94. The van der Waals surface area contributed by atoms with Crippen molar-refractivity contribution in [2.75, 3.05) is 18.1 Å². The summed E-state index contributed by atoms with van der Waals surface area (Å²) in [5.41, 5.74) is 1.56. The minimum Gasteiger partial charge on any atom is -0.482 e. The molecular formula is C15H15N3O3S. The van der Waals surface area contributed by atoms with E-state index < -0.39 is 0 Å². The van der Waals surface area contributed by atoms with Gasteiger partial charge in [0.1, 0.15) is 17.3 Å². The second-order valence-corrected chi connectivity index (χ2v) is 5.84. The van der Waals surface area contributed by atoms with Crippen molar-refractivity contribution in [2.45, 2.75) is 13.5 Å². The Morgan fingerprint density at radius 2 is 2.27 bits per heavy atom. The van der Waals surface area contributed by atoms with E-state index in [1.54, 1.807) is 12.1 Å². The first kappa shape index (κ1) is 14.5. The molecule has 0 aliphatic carbocycles. The predicted octanol–water partition coefficient (Wildman–Crippen LogP) is 1.49. The molecule has 0 fully saturated rings. The van der Waals surface area contributed by atoms with E-state index in [9.17, 15) is 9.59 Å². The van der Waals surface area contributed by atoms with Crippen LogP contribution in [0.3, 0.4) is 0 Å². The highest BCUT2D eigenvalue weighted by molar-refractivity contribution is 7.09. The highest BCUT2D eigenvalue weighted by Gasteiger charge is 2.26. The fraction of sp³-hybridized carbons (Fsp3) is 0.267. The van der Waals surface area contributed by atoms with Crippen molar-refractivity contribution >= 4 is 28.8 Å². The third-order valence-corrected chi connectivity index (χ3v) is 4.18. The van der Waals surface area contributed by atoms with E-state index >= 15 is 0 Å². The molecule has 1 aromatic heterocycles. The Balaban J connectivity index is 1.64. The fourth-order valence-corrected chi connectivity index (χ4v) is 2.90. The van der Waals surface area contributed by atoms with Gasteiger partial charge < -0.3 is 10.1 Å². The molecule has 0 unspecified atom stereocenters. The summed E-state index contributed by atoms with van der Waals surface area (Å²) in [6.45, 7) is 2.21. The van der Waals surface area contributed by atoms with Crippen molar-refractivity contribution in [3.05, 3.63) is 40.3 Å². The third-order valence-electron chi connectivity index (χ3n) is 3.21. The molecule has 2 heterocycles. The van der Waals surface area contributed by atoms with Gasteiger partial charge in [0.05, 0.1) is 12.2 Å². The highest BCUT2D eigenvalue weighted by Crippen LogP contribution is 2.31. The lowest BCUT2D eigenvalue weighted by molar-refractivity contribution is -0.125. The van der Waals surface area contributed by atoms with Gasteiger partial charge in [0, 0.05) is 11.1 Å². The number of para-hydroxylation sites is 2. The molecule has 1 aliphatic heterocycles. The van der Waals surface area contributed by atoms with Crippen LogP contribution >= 0.6 is 11.3 Å². The number of rotatable bonds is 4. The van der Waals surface area contributed by atoms with Crippen LogP contribution in [0.2, 0.25) is 0 Å². The Bertz CT molecular complexity index is 714. The number of carbonyl (C=O) groups excluding carboxylic acids is 2. The summed E-state index contributed by atoms with van der Waals surface area (Å²) in [6.07, 6.45) is 0. The molecule has 22 heavy (non-hydrogen) atoms. The summed E-state index contributed by atoms with van der Waals surface area (Å²) in [4.78, 5) is 29.8. The molecule has 2 aromatic rings. The largest absolute Gasteiger partial charge is 0.482 e. The number of nitrogens with one attached hydrogen (secondary N) is 1. The molecule has 0 radical (unpaired) electrons. The first-order valence-electron chi connectivity index (χ1n) is 6.83. The molecule has 114 valence electrons. The summed E-state index contributed by atoms with van der Waals surface area (Å²) in [6, 6.07) is 7.19. The minimum atomic E-state index is -0.224. The molecule has 0 saturated carbocycles. The maximum atomic E-state index is 12.1. The molecule has 3 rings (SSSR count). The zero-order valence-electron chi connectivity index (χ0n) is 12.0. The number of aromatic nitrogens is 1. The lowest BCUT2D eigenvalue weighted by Gasteiger charge is -2.28. The molecule has 1 N–H and O–H groups in total. The second kappa shape index (κ2) is 6.15. The smallest absolute Gasteiger partial charge is 0.265 e. The van der Waals surface area contributed by atoms with Crippen LogP contribution in [0.25, 0.3) is 0 Å². The van der Waals surface area contributed by atoms with Crippen LogP contribution in [0.15, 0.2) is 29.6 Å². The van der Waals surface area contributed by atoms with Gasteiger partial charge in [-0.05, 0) is 19.1 Å². The van der Waals surface area contributed by atoms with E-state index in [0.717, 1.165) is 10.7 Å². The SMILES string of the molecule is Cc1csc(CNC(=O)CN2C(=O)COc3ccccc32)n1. The Kier molecular flexibility index (Phi) is 4.06. The molecule has 1 aromatic carbocycles. The molecule has 0 saturated heterocycles. The molecule has 6 nitrogen and oxygen atoms in total. The van der Waals surface area contributed by atoms with Crippen molar-refractivity contribution in [2.24, 2.45) is 0 Å². The van der Waals surface area contributed by atoms with E-state index in [1.807, 2.05) is 24.4 Å². The zero-order valence-corrected chi connectivity index (χ0v) is 12.9. The van der Waals surface area contributed by atoms with E-state index in [4.69, 9.17) is 4.74 Å². The van der Waals surface area contributed by atoms with E-state index in [1.165, 1.54) is 16.2 Å². The molecule has 2 amide bonds. The van der Waals surface area contributed by atoms with Crippen LogP contribution < -0.4 is 15.0 Å². The van der Waals surface area contributed by atoms with Crippen LogP contribution in [0.4, 0.5) is 5.69 Å². The van der Waals surface area contributed by atoms with Gasteiger partial charge in [-0.2, -0.15) is 0 Å². The summed E-state index contributed by atoms with van der Waals surface area (Å²) < 4.78 is 5.35. The summed E-state index contributed by atoms with van der Waals surface area (Å²) in [5, 5.41) is 5.57. The topological polar surface area (TPSA) is 71.5 Å². The zero-order chi connectivity index (χ0) is 15.5. The number of carbonyl (C=O) groups is 2. The first-order chi connectivity index (χ1) is 10.6. The van der Waals surface area contributed by atoms with E-state index in [0.29, 0.717) is 18.0 Å². The number of hydrogen-bond donors (Lipinski definition) is 1. The third kappa shape index (κ3) is 3.09. The van der Waals surface area contributed by atoms with Gasteiger partial charge in [0.25, 0.3) is 5.91 Å². The number of anilines is 1. The van der Waals surface area contributed by atoms with Crippen LogP contribution in [-0.4, -0.2) is 29.9 Å². The van der Waals surface area contributed by atoms with Gasteiger partial charge in [0.15, 0.2) is 6.61 Å². The summed E-state index contributed by atoms with van der Waals surface area (Å²) in [5.74, 6) is 0.169. The minimum absolute atomic E-state index is 0.0242. The standard InChI is InChI=1S/C15H15N3O3S/c1-10-9-22-14(17-10)6-16-13(19)7-18-11-4-2-3-5-12(11)21-8-15(18)20/h2-5,9H,6-8H2,1H3,(H,16,19). The van der Waals surface area contributed by atoms with Crippen molar-refractivity contribution in [1.29, 1.82) is 0 Å². The molecule has 7 heteroatoms. The first-order valence-corrected chi connectivity index (χ1v) is 7.71. The number of fused-ring (bicyclic) bond motifs is 1. The maximum absolute atomic E-state index is 12.1. The molecule has 0 spiro atoms. The van der Waals surface area contributed by atoms with Crippen LogP contribution in [0.1, 0.15) is 10.7 Å². The van der Waals surface area contributed by atoms with Crippen molar-refractivity contribution in [3.8, 4) is 5.75 Å². The fourth-order valence-electron chi connectivity index (χ4n) is 2.18. The van der Waals surface area contributed by atoms with Gasteiger partial charge in [0.2, 0.25) is 5.91 Å². The maximum Gasteiger partial charge on any atom is 0.265 e. The van der Waals surface area contributed by atoms with Gasteiger partial charge in [-0.15, -0.1) is 11.3 Å².